The average molecular weight is 397 g/mol. The summed E-state index contributed by atoms with van der Waals surface area (Å²) in [4.78, 5) is 26.9. The third kappa shape index (κ3) is 3.75. The van der Waals surface area contributed by atoms with E-state index in [1.165, 1.54) is 18.1 Å². The van der Waals surface area contributed by atoms with Crippen LogP contribution in [-0.4, -0.2) is 35.4 Å². The van der Waals surface area contributed by atoms with E-state index in [1.807, 2.05) is 6.92 Å². The number of aryl methyl sites for hydroxylation is 1. The lowest BCUT2D eigenvalue weighted by Crippen LogP contribution is -2.31. The number of likely N-dealkylation sites (tertiary alicyclic amines) is 1. The second-order valence-electron chi connectivity index (χ2n) is 7.05. The highest BCUT2D eigenvalue weighted by molar-refractivity contribution is 6.46. The molecule has 1 unspecified atom stereocenters. The van der Waals surface area contributed by atoms with Crippen LogP contribution in [0.5, 0.6) is 5.75 Å². The highest BCUT2D eigenvalue weighted by atomic mass is 19.1. The van der Waals surface area contributed by atoms with E-state index in [-0.39, 0.29) is 16.9 Å². The van der Waals surface area contributed by atoms with Crippen molar-refractivity contribution in [1.82, 2.24) is 4.90 Å². The molecule has 0 spiro atoms. The lowest BCUT2D eigenvalue weighted by molar-refractivity contribution is -0.139. The molecule has 6 heteroatoms. The number of aliphatic hydroxyl groups excluding tert-OH is 1. The van der Waals surface area contributed by atoms with Crippen molar-refractivity contribution in [2.75, 3.05) is 13.7 Å². The fourth-order valence-electron chi connectivity index (χ4n) is 3.63. The molecule has 5 nitrogen and oxygen atoms in total. The minimum absolute atomic E-state index is 0.0931. The number of Topliss-reactive ketones (excluding diaryl/α,β-unsaturated/α-hetero) is 1. The molecule has 1 amide bonds. The molecule has 0 saturated carbocycles. The Hall–Kier alpha value is -3.15. The molecule has 0 aliphatic carbocycles. The molecule has 1 aliphatic heterocycles. The lowest BCUT2D eigenvalue weighted by atomic mass is 9.93. The molecule has 1 aliphatic rings. The summed E-state index contributed by atoms with van der Waals surface area (Å²) in [7, 11) is 1.53. The maximum Gasteiger partial charge on any atom is 0.295 e. The number of ketones is 1. The molecule has 3 rings (SSSR count). The normalized spacial score (nSPS) is 18.3. The Morgan fingerprint density at radius 3 is 2.55 bits per heavy atom. The van der Waals surface area contributed by atoms with Gasteiger partial charge in [0.25, 0.3) is 11.7 Å². The van der Waals surface area contributed by atoms with Crippen LogP contribution in [0.15, 0.2) is 48.0 Å². The molecule has 2 aromatic carbocycles. The first-order chi connectivity index (χ1) is 13.9. The molecule has 2 aromatic rings. The molecule has 152 valence electrons. The van der Waals surface area contributed by atoms with E-state index in [0.717, 1.165) is 6.42 Å². The Morgan fingerprint density at radius 2 is 1.93 bits per heavy atom. The van der Waals surface area contributed by atoms with E-state index in [0.29, 0.717) is 29.8 Å². The Labute approximate surface area is 169 Å². The van der Waals surface area contributed by atoms with Gasteiger partial charge in [-0.05, 0) is 43.2 Å². The van der Waals surface area contributed by atoms with Gasteiger partial charge in [-0.2, -0.15) is 0 Å². The number of amides is 1. The minimum atomic E-state index is -0.968. The first-order valence-corrected chi connectivity index (χ1v) is 9.58. The Kier molecular flexibility index (Phi) is 6.01. The number of hydrogen-bond donors (Lipinski definition) is 1. The molecule has 1 heterocycles. The summed E-state index contributed by atoms with van der Waals surface area (Å²) in [5, 5.41) is 11.0. The van der Waals surface area contributed by atoms with Gasteiger partial charge in [0.15, 0.2) is 0 Å². The fraction of sp³-hybridized carbons (Fsp3) is 0.304. The predicted octanol–water partition coefficient (Wildman–Crippen LogP) is 4.36. The van der Waals surface area contributed by atoms with Gasteiger partial charge in [-0.1, -0.05) is 31.5 Å². The molecule has 1 fully saturated rings. The number of nitrogens with zero attached hydrogens (tertiary/aromatic N) is 1. The summed E-state index contributed by atoms with van der Waals surface area (Å²) >= 11 is 0. The number of methoxy groups -OCH3 is 1. The summed E-state index contributed by atoms with van der Waals surface area (Å²) in [6.45, 7) is 4.04. The van der Waals surface area contributed by atoms with Crippen LogP contribution in [0.2, 0.25) is 0 Å². The van der Waals surface area contributed by atoms with Crippen molar-refractivity contribution in [2.45, 2.75) is 32.7 Å². The number of aliphatic hydroxyl groups is 1. The lowest BCUT2D eigenvalue weighted by Gasteiger charge is -2.25. The van der Waals surface area contributed by atoms with Crippen LogP contribution in [0.4, 0.5) is 4.39 Å². The van der Waals surface area contributed by atoms with Crippen LogP contribution in [0.3, 0.4) is 0 Å². The minimum Gasteiger partial charge on any atom is -0.507 e. The van der Waals surface area contributed by atoms with Crippen molar-refractivity contribution in [1.29, 1.82) is 0 Å². The molecule has 0 aromatic heterocycles. The molecule has 29 heavy (non-hydrogen) atoms. The van der Waals surface area contributed by atoms with Gasteiger partial charge in [0.05, 0.1) is 18.7 Å². The van der Waals surface area contributed by atoms with Gasteiger partial charge in [0.2, 0.25) is 0 Å². The number of ether oxygens (including phenoxy) is 1. The van der Waals surface area contributed by atoms with Crippen molar-refractivity contribution in [3.63, 3.8) is 0 Å². The topological polar surface area (TPSA) is 66.8 Å². The molecular formula is C23H24FNO4. The van der Waals surface area contributed by atoms with Gasteiger partial charge in [0.1, 0.15) is 17.3 Å². The van der Waals surface area contributed by atoms with Gasteiger partial charge < -0.3 is 14.7 Å². The molecule has 0 radical (unpaired) electrons. The van der Waals surface area contributed by atoms with Crippen LogP contribution in [0, 0.1) is 12.7 Å². The smallest absolute Gasteiger partial charge is 0.295 e. The van der Waals surface area contributed by atoms with E-state index in [4.69, 9.17) is 4.74 Å². The van der Waals surface area contributed by atoms with Crippen LogP contribution in [0.1, 0.15) is 42.5 Å². The maximum atomic E-state index is 14.6. The van der Waals surface area contributed by atoms with Gasteiger partial charge in [0, 0.05) is 17.7 Å². The molecule has 1 N–H and O–H groups in total. The van der Waals surface area contributed by atoms with E-state index in [1.54, 1.807) is 43.3 Å². The van der Waals surface area contributed by atoms with Crippen molar-refractivity contribution < 1.29 is 23.8 Å². The van der Waals surface area contributed by atoms with Gasteiger partial charge in [-0.3, -0.25) is 9.59 Å². The standard InChI is InChI=1S/C23H24FNO4/c1-4-5-12-25-20(17-8-6-7-9-18(17)24)19(22(27)23(25)28)21(26)16-11-10-15(29-3)13-14(16)2/h6-11,13,20,26H,4-5,12H2,1-3H3/b21-19+. The van der Waals surface area contributed by atoms with E-state index in [9.17, 15) is 19.1 Å². The number of rotatable bonds is 6. The van der Waals surface area contributed by atoms with Crippen molar-refractivity contribution in [3.8, 4) is 5.75 Å². The van der Waals surface area contributed by atoms with Gasteiger partial charge in [-0.15, -0.1) is 0 Å². The fourth-order valence-corrected chi connectivity index (χ4v) is 3.63. The number of unbranched alkanes of at least 4 members (excludes halogenated alkanes) is 1. The van der Waals surface area contributed by atoms with Crippen molar-refractivity contribution in [2.24, 2.45) is 0 Å². The molecule has 0 bridgehead atoms. The zero-order valence-electron chi connectivity index (χ0n) is 16.7. The van der Waals surface area contributed by atoms with Crippen LogP contribution in [-0.2, 0) is 9.59 Å². The SMILES string of the molecule is CCCCN1C(=O)C(=O)/C(=C(/O)c2ccc(OC)cc2C)C1c1ccccc1F. The van der Waals surface area contributed by atoms with Crippen molar-refractivity contribution >= 4 is 17.4 Å². The number of carbonyl (C=O) groups excluding carboxylic acids is 2. The Bertz CT molecular complexity index is 983. The Balaban J connectivity index is 2.21. The predicted molar refractivity (Wildman–Crippen MR) is 108 cm³/mol. The monoisotopic (exact) mass is 397 g/mol. The third-order valence-corrected chi connectivity index (χ3v) is 5.18. The summed E-state index contributed by atoms with van der Waals surface area (Å²) in [5.41, 5.74) is 1.18. The number of halogens is 1. The van der Waals surface area contributed by atoms with Crippen LogP contribution >= 0.6 is 0 Å². The second kappa shape index (κ2) is 8.47. The third-order valence-electron chi connectivity index (χ3n) is 5.18. The van der Waals surface area contributed by atoms with Gasteiger partial charge >= 0.3 is 0 Å². The average Bonchev–Trinajstić information content (AvgIpc) is 2.96. The largest absolute Gasteiger partial charge is 0.507 e. The van der Waals surface area contributed by atoms with Crippen LogP contribution < -0.4 is 4.74 Å². The maximum absolute atomic E-state index is 14.6. The number of benzene rings is 2. The van der Waals surface area contributed by atoms with Crippen molar-refractivity contribution in [3.05, 3.63) is 70.5 Å². The Morgan fingerprint density at radius 1 is 1.21 bits per heavy atom. The highest BCUT2D eigenvalue weighted by Gasteiger charge is 2.46. The molecule has 1 atom stereocenters. The van der Waals surface area contributed by atoms with E-state index < -0.39 is 23.5 Å². The quantitative estimate of drug-likeness (QED) is 0.447. The zero-order valence-corrected chi connectivity index (χ0v) is 16.7. The van der Waals surface area contributed by atoms with E-state index >= 15 is 0 Å². The summed E-state index contributed by atoms with van der Waals surface area (Å²) in [6.07, 6.45) is 1.48. The number of hydrogen-bond acceptors (Lipinski definition) is 4. The zero-order chi connectivity index (χ0) is 21.1. The van der Waals surface area contributed by atoms with E-state index in [2.05, 4.69) is 0 Å². The number of carbonyl (C=O) groups is 2. The molecule has 1 saturated heterocycles. The summed E-state index contributed by atoms with van der Waals surface area (Å²) in [5.74, 6) is -1.76. The second-order valence-corrected chi connectivity index (χ2v) is 7.05. The summed E-state index contributed by atoms with van der Waals surface area (Å²) in [6, 6.07) is 10.1. The first kappa shape index (κ1) is 20.6. The highest BCUT2D eigenvalue weighted by Crippen LogP contribution is 2.41. The van der Waals surface area contributed by atoms with Crippen LogP contribution in [0.25, 0.3) is 5.76 Å². The first-order valence-electron chi connectivity index (χ1n) is 9.58. The van der Waals surface area contributed by atoms with Gasteiger partial charge in [-0.25, -0.2) is 4.39 Å². The molecular weight excluding hydrogens is 373 g/mol. The summed E-state index contributed by atoms with van der Waals surface area (Å²) < 4.78 is 19.8.